The molecule has 18 heteroatoms. The molecule has 0 spiro atoms. The third-order valence-corrected chi connectivity index (χ3v) is 18.7. The van der Waals surface area contributed by atoms with Gasteiger partial charge in [-0.05, 0) is 92.8 Å². The lowest BCUT2D eigenvalue weighted by molar-refractivity contribution is -0.366. The number of rotatable bonds is 10. The van der Waals surface area contributed by atoms with Gasteiger partial charge in [0.05, 0.1) is 37.4 Å². The second-order valence-electron chi connectivity index (χ2n) is 22.1. The largest absolute Gasteiger partial charge is 0.479 e. The van der Waals surface area contributed by atoms with E-state index in [1.54, 1.807) is 19.9 Å². The fraction of sp³-hybridized carbons (Fsp3) is 0.872. The quantitative estimate of drug-likeness (QED) is 0.0607. The Morgan fingerprint density at radius 1 is 0.800 bits per heavy atom. The predicted molar refractivity (Wildman–Crippen MR) is 227 cm³/mol. The SMILES string of the molecule is CC=C(C)C(=O)OC1C(O)C2(CO)C(O)CC3(C)C(=CCC4C5(C)CCC(OC6OC(C(=O)O)C(O)C(OC7OC(CO)C(O)C(O)C7O)C6O)C(C)(CO)C5CCC43C)C2CC1(C)C. The molecule has 2 saturated heterocycles. The van der Waals surface area contributed by atoms with E-state index < -0.39 is 149 Å². The number of hydrogen-bond acceptors (Lipinski definition) is 17. The van der Waals surface area contributed by atoms with E-state index in [-0.39, 0.29) is 24.9 Å². The molecule has 18 nitrogen and oxygen atoms in total. The second-order valence-corrected chi connectivity index (χ2v) is 22.1. The Balaban J connectivity index is 1.16. The van der Waals surface area contributed by atoms with E-state index >= 15 is 0 Å². The van der Waals surface area contributed by atoms with Crippen molar-refractivity contribution in [3.8, 4) is 0 Å². The van der Waals surface area contributed by atoms with Crippen molar-refractivity contribution in [2.45, 2.75) is 186 Å². The topological polar surface area (TPSA) is 303 Å². The van der Waals surface area contributed by atoms with Crippen LogP contribution in [0.4, 0.5) is 0 Å². The van der Waals surface area contributed by atoms with Gasteiger partial charge in [0.15, 0.2) is 18.7 Å². The highest BCUT2D eigenvalue weighted by Gasteiger charge is 2.73. The van der Waals surface area contributed by atoms with Crippen LogP contribution in [-0.2, 0) is 33.3 Å². The van der Waals surface area contributed by atoms with Crippen molar-refractivity contribution < 1.29 is 89.4 Å². The number of allylic oxidation sites excluding steroid dienone is 3. The van der Waals surface area contributed by atoms with Gasteiger partial charge in [-0.15, -0.1) is 0 Å². The van der Waals surface area contributed by atoms with Crippen LogP contribution in [0.15, 0.2) is 23.3 Å². The highest BCUT2D eigenvalue weighted by molar-refractivity contribution is 5.87. The second kappa shape index (κ2) is 17.7. The fourth-order valence-corrected chi connectivity index (χ4v) is 14.5. The molecule has 22 unspecified atom stereocenters. The van der Waals surface area contributed by atoms with Crippen molar-refractivity contribution in [2.75, 3.05) is 19.8 Å². The Kier molecular flexibility index (Phi) is 13.8. The van der Waals surface area contributed by atoms with Crippen molar-refractivity contribution in [2.24, 2.45) is 50.2 Å². The van der Waals surface area contributed by atoms with Gasteiger partial charge < -0.3 is 79.9 Å². The first kappa shape index (κ1) is 50.7. The zero-order valence-corrected chi connectivity index (χ0v) is 38.8. The van der Waals surface area contributed by atoms with Crippen LogP contribution in [0.2, 0.25) is 0 Å². The van der Waals surface area contributed by atoms with Crippen LogP contribution >= 0.6 is 0 Å². The summed E-state index contributed by atoms with van der Waals surface area (Å²) in [7, 11) is 0. The Morgan fingerprint density at radius 3 is 2.06 bits per heavy atom. The van der Waals surface area contributed by atoms with Gasteiger partial charge in [0, 0.05) is 16.4 Å². The lowest BCUT2D eigenvalue weighted by Gasteiger charge is -2.72. The molecule has 2 aliphatic heterocycles. The molecule has 7 rings (SSSR count). The van der Waals surface area contributed by atoms with Crippen molar-refractivity contribution >= 4 is 11.9 Å². The first-order valence-corrected chi connectivity index (χ1v) is 23.3. The number of carbonyl (C=O) groups is 2. The zero-order valence-electron chi connectivity index (χ0n) is 38.8. The number of carboxylic acid groups (broad SMARTS) is 1. The molecule has 5 aliphatic carbocycles. The van der Waals surface area contributed by atoms with Crippen molar-refractivity contribution in [3.63, 3.8) is 0 Å². The van der Waals surface area contributed by atoms with Crippen molar-refractivity contribution in [1.82, 2.24) is 0 Å². The summed E-state index contributed by atoms with van der Waals surface area (Å²) in [5.74, 6) is -2.74. The van der Waals surface area contributed by atoms with E-state index in [2.05, 4.69) is 26.8 Å². The summed E-state index contributed by atoms with van der Waals surface area (Å²) >= 11 is 0. The number of aliphatic carboxylic acids is 1. The van der Waals surface area contributed by atoms with Gasteiger partial charge in [-0.25, -0.2) is 9.59 Å². The minimum Gasteiger partial charge on any atom is -0.479 e. The molecule has 11 N–H and O–H groups in total. The van der Waals surface area contributed by atoms with E-state index in [9.17, 15) is 65.8 Å². The zero-order chi connectivity index (χ0) is 48.1. The summed E-state index contributed by atoms with van der Waals surface area (Å²) in [6.45, 7) is 14.2. The summed E-state index contributed by atoms with van der Waals surface area (Å²) in [5, 5.41) is 121. The van der Waals surface area contributed by atoms with Gasteiger partial charge in [0.1, 0.15) is 54.9 Å². The maximum absolute atomic E-state index is 13.1. The Bertz CT molecular complexity index is 1860. The van der Waals surface area contributed by atoms with Crippen molar-refractivity contribution in [1.29, 1.82) is 0 Å². The molecule has 22 atom stereocenters. The lowest BCUT2D eigenvalue weighted by atomic mass is 9.33. The molecular formula is C47H74O18. The van der Waals surface area contributed by atoms with Gasteiger partial charge in [-0.1, -0.05) is 59.3 Å². The van der Waals surface area contributed by atoms with Gasteiger partial charge in [-0.3, -0.25) is 0 Å². The van der Waals surface area contributed by atoms with Gasteiger partial charge in [0.25, 0.3) is 0 Å². The summed E-state index contributed by atoms with van der Waals surface area (Å²) in [5.41, 5.74) is -3.01. The molecular weight excluding hydrogens is 852 g/mol. The predicted octanol–water partition coefficient (Wildman–Crippen LogP) is 0.284. The van der Waals surface area contributed by atoms with Gasteiger partial charge in [-0.2, -0.15) is 0 Å². The van der Waals surface area contributed by atoms with E-state index in [1.807, 2.05) is 20.8 Å². The lowest BCUT2D eigenvalue weighted by Crippen LogP contribution is -2.72. The average Bonchev–Trinajstić information content (AvgIpc) is 3.25. The molecule has 6 fully saturated rings. The summed E-state index contributed by atoms with van der Waals surface area (Å²) in [6, 6.07) is 0. The maximum Gasteiger partial charge on any atom is 0.335 e. The molecule has 2 heterocycles. The normalized spacial score (nSPS) is 51.9. The van der Waals surface area contributed by atoms with Gasteiger partial charge >= 0.3 is 11.9 Å². The van der Waals surface area contributed by atoms with Crippen molar-refractivity contribution in [3.05, 3.63) is 23.3 Å². The molecule has 0 bridgehead atoms. The number of aliphatic hydroxyl groups excluding tert-OH is 10. The standard InChI is InChI=1S/C47H74O18/c1-9-21(2)39(60)65-37-36(57)47(20-50)23(16-42(37,3)4)22-10-11-26-43(5)14-13-28(44(6,19-49)25(43)12-15-45(26,7)46(22,8)17-27(47)51)62-41-33(56)34(32(55)35(64-41)38(58)59)63-40-31(54)30(53)29(52)24(18-48)61-40/h9-10,23-37,40-41,48-57H,11-20H2,1-8H3,(H,58,59). The van der Waals surface area contributed by atoms with Gasteiger partial charge in [0.2, 0.25) is 0 Å². The highest BCUT2D eigenvalue weighted by Crippen LogP contribution is 2.76. The van der Waals surface area contributed by atoms with Crippen LogP contribution in [0.25, 0.3) is 0 Å². The Morgan fingerprint density at radius 2 is 1.46 bits per heavy atom. The summed E-state index contributed by atoms with van der Waals surface area (Å²) in [4.78, 5) is 25.5. The van der Waals surface area contributed by atoms with Crippen LogP contribution in [0.3, 0.4) is 0 Å². The molecule has 0 aromatic rings. The average molecular weight is 927 g/mol. The number of aliphatic hydroxyl groups is 10. The number of carboxylic acids is 1. The molecule has 65 heavy (non-hydrogen) atoms. The highest BCUT2D eigenvalue weighted by atomic mass is 16.7. The summed E-state index contributed by atoms with van der Waals surface area (Å²) in [6.07, 6.45) is -14.9. The molecule has 4 saturated carbocycles. The molecule has 7 aliphatic rings. The van der Waals surface area contributed by atoms with Crippen LogP contribution in [0, 0.1) is 50.2 Å². The van der Waals surface area contributed by atoms with Crippen LogP contribution in [0.1, 0.15) is 100 Å². The Labute approximate surface area is 380 Å². The number of hydrogen-bond donors (Lipinski definition) is 11. The first-order valence-electron chi connectivity index (χ1n) is 23.3. The van der Waals surface area contributed by atoms with Crippen LogP contribution < -0.4 is 0 Å². The van der Waals surface area contributed by atoms with Crippen LogP contribution in [0.5, 0.6) is 0 Å². The minimum atomic E-state index is -2.02. The number of ether oxygens (including phenoxy) is 5. The molecule has 0 amide bonds. The molecule has 0 radical (unpaired) electrons. The van der Waals surface area contributed by atoms with Crippen LogP contribution in [-0.4, -0.2) is 174 Å². The molecule has 0 aromatic heterocycles. The van der Waals surface area contributed by atoms with E-state index in [1.165, 1.54) is 0 Å². The smallest absolute Gasteiger partial charge is 0.335 e. The number of carbonyl (C=O) groups excluding carboxylic acids is 1. The third kappa shape index (κ3) is 7.50. The molecule has 370 valence electrons. The number of fused-ring (bicyclic) bond motifs is 7. The van der Waals surface area contributed by atoms with E-state index in [0.29, 0.717) is 44.1 Å². The van der Waals surface area contributed by atoms with E-state index in [4.69, 9.17) is 23.7 Å². The minimum absolute atomic E-state index is 0.0292. The van der Waals surface area contributed by atoms with E-state index in [0.717, 1.165) is 5.57 Å². The monoisotopic (exact) mass is 926 g/mol. The molecule has 0 aromatic carbocycles. The third-order valence-electron chi connectivity index (χ3n) is 18.7. The number of esters is 1. The maximum atomic E-state index is 13.1. The first-order chi connectivity index (χ1) is 30.3. The summed E-state index contributed by atoms with van der Waals surface area (Å²) < 4.78 is 29.3. The Hall–Kier alpha value is -2.14. The fourth-order valence-electron chi connectivity index (χ4n) is 14.5.